The molecule has 0 aliphatic rings. The molecule has 1 atom stereocenters. The number of rotatable bonds is 2. The predicted octanol–water partition coefficient (Wildman–Crippen LogP) is 2.56. The van der Waals surface area contributed by atoms with E-state index in [1.165, 1.54) is 13.2 Å². The standard InChI is InChI=1S/C5H7Cl3O/c1-3-4(9-2)5(6,7)8/h3-4H,1H2,2H3. The summed E-state index contributed by atoms with van der Waals surface area (Å²) in [5.41, 5.74) is 0. The van der Waals surface area contributed by atoms with Crippen molar-refractivity contribution in [2.45, 2.75) is 9.90 Å². The Kier molecular flexibility index (Phi) is 3.90. The summed E-state index contributed by atoms with van der Waals surface area (Å²) in [5.74, 6) is 0. The lowest BCUT2D eigenvalue weighted by Crippen LogP contribution is -2.24. The summed E-state index contributed by atoms with van der Waals surface area (Å²) in [6.07, 6.45) is 0.898. The molecule has 54 valence electrons. The van der Waals surface area contributed by atoms with E-state index in [1.807, 2.05) is 0 Å². The van der Waals surface area contributed by atoms with Crippen molar-refractivity contribution in [3.8, 4) is 0 Å². The molecule has 0 rings (SSSR count). The van der Waals surface area contributed by atoms with Crippen molar-refractivity contribution in [2.75, 3.05) is 7.11 Å². The lowest BCUT2D eigenvalue weighted by molar-refractivity contribution is 0.144. The molecule has 0 aromatic heterocycles. The van der Waals surface area contributed by atoms with Crippen LogP contribution in [0.3, 0.4) is 0 Å². The third kappa shape index (κ3) is 3.31. The van der Waals surface area contributed by atoms with Crippen molar-refractivity contribution >= 4 is 34.8 Å². The Morgan fingerprint density at radius 1 is 1.56 bits per heavy atom. The third-order valence-electron chi connectivity index (χ3n) is 0.791. The number of hydrogen-bond acceptors (Lipinski definition) is 1. The Labute approximate surface area is 69.5 Å². The molecule has 9 heavy (non-hydrogen) atoms. The molecule has 1 nitrogen and oxygen atoms in total. The van der Waals surface area contributed by atoms with Crippen LogP contribution in [0.4, 0.5) is 0 Å². The summed E-state index contributed by atoms with van der Waals surface area (Å²) >= 11 is 16.3. The van der Waals surface area contributed by atoms with Gasteiger partial charge in [-0.2, -0.15) is 0 Å². The van der Waals surface area contributed by atoms with Crippen LogP contribution >= 0.6 is 34.8 Å². The van der Waals surface area contributed by atoms with Gasteiger partial charge in [-0.25, -0.2) is 0 Å². The molecule has 0 radical (unpaired) electrons. The third-order valence-corrected chi connectivity index (χ3v) is 1.44. The average Bonchev–Trinajstić information content (AvgIpc) is 1.65. The smallest absolute Gasteiger partial charge is 0.219 e. The second-order valence-corrected chi connectivity index (χ2v) is 3.80. The van der Waals surface area contributed by atoms with Gasteiger partial charge in [0.15, 0.2) is 0 Å². The van der Waals surface area contributed by atoms with Crippen molar-refractivity contribution in [1.82, 2.24) is 0 Å². The zero-order valence-corrected chi connectivity index (χ0v) is 7.17. The van der Waals surface area contributed by atoms with Crippen molar-refractivity contribution < 1.29 is 4.74 Å². The predicted molar refractivity (Wildman–Crippen MR) is 41.3 cm³/mol. The monoisotopic (exact) mass is 188 g/mol. The molecule has 0 aliphatic heterocycles. The minimum atomic E-state index is -1.41. The molecule has 0 aromatic carbocycles. The molecule has 4 heteroatoms. The number of methoxy groups -OCH3 is 1. The van der Waals surface area contributed by atoms with Crippen molar-refractivity contribution in [1.29, 1.82) is 0 Å². The lowest BCUT2D eigenvalue weighted by atomic mass is 10.4. The average molecular weight is 189 g/mol. The molecule has 0 heterocycles. The zero-order chi connectivity index (χ0) is 7.49. The molecule has 0 aliphatic carbocycles. The van der Waals surface area contributed by atoms with Gasteiger partial charge in [-0.1, -0.05) is 40.9 Å². The normalized spacial score (nSPS) is 15.1. The van der Waals surface area contributed by atoms with E-state index in [0.717, 1.165) is 0 Å². The van der Waals surface area contributed by atoms with Gasteiger partial charge >= 0.3 is 0 Å². The first-order valence-corrected chi connectivity index (χ1v) is 3.38. The molecule has 0 spiro atoms. The highest BCUT2D eigenvalue weighted by Gasteiger charge is 2.29. The fraction of sp³-hybridized carbons (Fsp3) is 0.600. The minimum Gasteiger partial charge on any atom is -0.373 e. The number of hydrogen-bond donors (Lipinski definition) is 0. The first kappa shape index (κ1) is 9.57. The van der Waals surface area contributed by atoms with Crippen LogP contribution in [0.15, 0.2) is 12.7 Å². The van der Waals surface area contributed by atoms with Crippen molar-refractivity contribution in [2.24, 2.45) is 0 Å². The molecule has 0 saturated carbocycles. The highest BCUT2D eigenvalue weighted by Crippen LogP contribution is 2.32. The topological polar surface area (TPSA) is 9.23 Å². The molecule has 0 amide bonds. The number of alkyl halides is 3. The quantitative estimate of drug-likeness (QED) is 0.479. The van der Waals surface area contributed by atoms with Gasteiger partial charge in [0.2, 0.25) is 3.79 Å². The molecule has 0 bridgehead atoms. The SMILES string of the molecule is C=CC(OC)C(Cl)(Cl)Cl. The van der Waals surface area contributed by atoms with Gasteiger partial charge in [-0.15, -0.1) is 6.58 Å². The van der Waals surface area contributed by atoms with E-state index >= 15 is 0 Å². The second-order valence-electron chi connectivity index (χ2n) is 1.43. The maximum atomic E-state index is 5.43. The highest BCUT2D eigenvalue weighted by atomic mass is 35.6. The second kappa shape index (κ2) is 3.67. The number of halogens is 3. The summed E-state index contributed by atoms with van der Waals surface area (Å²) in [6.45, 7) is 3.42. The molecule has 0 N–H and O–H groups in total. The van der Waals surface area contributed by atoms with E-state index in [4.69, 9.17) is 39.5 Å². The Morgan fingerprint density at radius 3 is 2.00 bits per heavy atom. The van der Waals surface area contributed by atoms with Gasteiger partial charge in [0.05, 0.1) is 0 Å². The Bertz CT molecular complexity index is 96.9. The van der Waals surface area contributed by atoms with E-state index in [-0.39, 0.29) is 0 Å². The Morgan fingerprint density at radius 2 is 2.00 bits per heavy atom. The Hall–Kier alpha value is 0.570. The lowest BCUT2D eigenvalue weighted by Gasteiger charge is -2.18. The van der Waals surface area contributed by atoms with E-state index in [0.29, 0.717) is 0 Å². The van der Waals surface area contributed by atoms with Crippen LogP contribution in [0, 0.1) is 0 Å². The Balaban J connectivity index is 3.94. The zero-order valence-electron chi connectivity index (χ0n) is 4.90. The van der Waals surface area contributed by atoms with Crippen LogP contribution in [0.5, 0.6) is 0 Å². The van der Waals surface area contributed by atoms with Crippen molar-refractivity contribution in [3.63, 3.8) is 0 Å². The maximum Gasteiger partial charge on any atom is 0.219 e. The molecular formula is C5H7Cl3O. The fourth-order valence-corrected chi connectivity index (χ4v) is 0.898. The summed E-state index contributed by atoms with van der Waals surface area (Å²) in [6, 6.07) is 0. The fourth-order valence-electron chi connectivity index (χ4n) is 0.363. The van der Waals surface area contributed by atoms with Crippen LogP contribution in [0.2, 0.25) is 0 Å². The van der Waals surface area contributed by atoms with Crippen molar-refractivity contribution in [3.05, 3.63) is 12.7 Å². The van der Waals surface area contributed by atoms with E-state index in [2.05, 4.69) is 6.58 Å². The van der Waals surface area contributed by atoms with Gasteiger partial charge in [-0.3, -0.25) is 0 Å². The molecule has 0 aromatic rings. The van der Waals surface area contributed by atoms with E-state index in [9.17, 15) is 0 Å². The highest BCUT2D eigenvalue weighted by molar-refractivity contribution is 6.68. The van der Waals surface area contributed by atoms with Gasteiger partial charge < -0.3 is 4.74 Å². The first-order chi connectivity index (χ1) is 4.02. The van der Waals surface area contributed by atoms with Crippen LogP contribution in [-0.2, 0) is 4.74 Å². The summed E-state index contributed by atoms with van der Waals surface area (Å²) < 4.78 is 3.34. The van der Waals surface area contributed by atoms with Gasteiger partial charge in [-0.05, 0) is 0 Å². The van der Waals surface area contributed by atoms with Crippen LogP contribution < -0.4 is 0 Å². The first-order valence-electron chi connectivity index (χ1n) is 2.24. The molecule has 0 saturated heterocycles. The van der Waals surface area contributed by atoms with Crippen LogP contribution in [0.25, 0.3) is 0 Å². The van der Waals surface area contributed by atoms with Crippen LogP contribution in [0.1, 0.15) is 0 Å². The number of ether oxygens (including phenoxy) is 1. The minimum absolute atomic E-state index is 0.539. The summed E-state index contributed by atoms with van der Waals surface area (Å²) in [5, 5.41) is 0. The van der Waals surface area contributed by atoms with Crippen LogP contribution in [-0.4, -0.2) is 17.0 Å². The maximum absolute atomic E-state index is 5.43. The largest absolute Gasteiger partial charge is 0.373 e. The van der Waals surface area contributed by atoms with Gasteiger partial charge in [0.25, 0.3) is 0 Å². The molecule has 1 unspecified atom stereocenters. The van der Waals surface area contributed by atoms with Gasteiger partial charge in [0.1, 0.15) is 6.10 Å². The van der Waals surface area contributed by atoms with E-state index < -0.39 is 9.90 Å². The molecule has 0 fully saturated rings. The van der Waals surface area contributed by atoms with Gasteiger partial charge in [0, 0.05) is 7.11 Å². The summed E-state index contributed by atoms with van der Waals surface area (Å²) in [4.78, 5) is 0. The molecular weight excluding hydrogens is 182 g/mol. The summed E-state index contributed by atoms with van der Waals surface area (Å²) in [7, 11) is 1.45. The van der Waals surface area contributed by atoms with E-state index in [1.54, 1.807) is 0 Å².